The standard InChI is InChI=1S/C11H19N5O/c1-15-5-3-6-16-11(15)13-10(14-16)9-8-17-7-2-4-12-9/h9,12H,2-8H2,1H3. The van der Waals surface area contributed by atoms with Crippen molar-refractivity contribution in [1.29, 1.82) is 0 Å². The van der Waals surface area contributed by atoms with E-state index in [0.29, 0.717) is 6.61 Å². The molecule has 2 aliphatic heterocycles. The lowest BCUT2D eigenvalue weighted by Crippen LogP contribution is -2.28. The number of aryl methyl sites for hydroxylation is 1. The molecule has 1 aromatic heterocycles. The first kappa shape index (κ1) is 11.0. The van der Waals surface area contributed by atoms with Crippen LogP contribution in [0.15, 0.2) is 0 Å². The number of hydrogen-bond donors (Lipinski definition) is 1. The van der Waals surface area contributed by atoms with E-state index in [4.69, 9.17) is 4.74 Å². The Morgan fingerprint density at radius 3 is 3.18 bits per heavy atom. The molecular weight excluding hydrogens is 218 g/mol. The number of nitrogens with zero attached hydrogens (tertiary/aromatic N) is 4. The Kier molecular flexibility index (Phi) is 2.98. The maximum absolute atomic E-state index is 5.56. The molecule has 2 aliphatic rings. The summed E-state index contributed by atoms with van der Waals surface area (Å²) < 4.78 is 7.56. The number of anilines is 1. The van der Waals surface area contributed by atoms with Crippen LogP contribution in [0.4, 0.5) is 5.95 Å². The van der Waals surface area contributed by atoms with E-state index in [-0.39, 0.29) is 6.04 Å². The van der Waals surface area contributed by atoms with Gasteiger partial charge in [-0.25, -0.2) is 4.68 Å². The predicted molar refractivity (Wildman–Crippen MR) is 64.1 cm³/mol. The second kappa shape index (κ2) is 4.62. The molecule has 3 rings (SSSR count). The normalized spacial score (nSPS) is 25.5. The van der Waals surface area contributed by atoms with Crippen molar-refractivity contribution < 1.29 is 4.74 Å². The Balaban J connectivity index is 1.83. The highest BCUT2D eigenvalue weighted by atomic mass is 16.5. The molecule has 94 valence electrons. The van der Waals surface area contributed by atoms with Crippen LogP contribution in [0.25, 0.3) is 0 Å². The van der Waals surface area contributed by atoms with E-state index in [1.165, 1.54) is 0 Å². The van der Waals surface area contributed by atoms with Crippen LogP contribution in [-0.2, 0) is 11.3 Å². The molecule has 6 nitrogen and oxygen atoms in total. The lowest BCUT2D eigenvalue weighted by molar-refractivity contribution is 0.129. The first-order valence-electron chi connectivity index (χ1n) is 6.31. The van der Waals surface area contributed by atoms with Gasteiger partial charge in [0.1, 0.15) is 0 Å². The summed E-state index contributed by atoms with van der Waals surface area (Å²) in [6.45, 7) is 4.52. The third-order valence-corrected chi connectivity index (χ3v) is 3.33. The van der Waals surface area contributed by atoms with Gasteiger partial charge in [-0.2, -0.15) is 10.1 Å². The van der Waals surface area contributed by atoms with Crippen LogP contribution < -0.4 is 10.2 Å². The fraction of sp³-hybridized carbons (Fsp3) is 0.818. The van der Waals surface area contributed by atoms with Crippen molar-refractivity contribution in [3.8, 4) is 0 Å². The molecule has 17 heavy (non-hydrogen) atoms. The average Bonchev–Trinajstić information content (AvgIpc) is 2.59. The van der Waals surface area contributed by atoms with Crippen molar-refractivity contribution in [3.05, 3.63) is 5.82 Å². The first-order chi connectivity index (χ1) is 8.34. The second-order valence-corrected chi connectivity index (χ2v) is 4.70. The number of aromatic nitrogens is 3. The van der Waals surface area contributed by atoms with Crippen LogP contribution in [0, 0.1) is 0 Å². The molecule has 1 atom stereocenters. The van der Waals surface area contributed by atoms with Crippen molar-refractivity contribution in [1.82, 2.24) is 20.1 Å². The van der Waals surface area contributed by atoms with Crippen molar-refractivity contribution in [2.75, 3.05) is 38.3 Å². The monoisotopic (exact) mass is 237 g/mol. The zero-order valence-electron chi connectivity index (χ0n) is 10.2. The summed E-state index contributed by atoms with van der Waals surface area (Å²) in [7, 11) is 2.07. The van der Waals surface area contributed by atoms with Gasteiger partial charge in [0, 0.05) is 26.7 Å². The molecule has 0 aliphatic carbocycles. The highest BCUT2D eigenvalue weighted by Gasteiger charge is 2.23. The van der Waals surface area contributed by atoms with Crippen LogP contribution >= 0.6 is 0 Å². The van der Waals surface area contributed by atoms with Crippen molar-refractivity contribution in [2.24, 2.45) is 0 Å². The Hall–Kier alpha value is -1.14. The van der Waals surface area contributed by atoms with E-state index in [1.54, 1.807) is 0 Å². The SMILES string of the molecule is CN1CCCn2nc(C3COCCCN3)nc21. The number of ether oxygens (including phenoxy) is 1. The molecule has 0 bridgehead atoms. The zero-order chi connectivity index (χ0) is 11.7. The molecule has 1 fully saturated rings. The van der Waals surface area contributed by atoms with Gasteiger partial charge in [0.2, 0.25) is 5.95 Å². The summed E-state index contributed by atoms with van der Waals surface area (Å²) >= 11 is 0. The molecule has 6 heteroatoms. The highest BCUT2D eigenvalue weighted by molar-refractivity contribution is 5.31. The van der Waals surface area contributed by atoms with E-state index >= 15 is 0 Å². The third-order valence-electron chi connectivity index (χ3n) is 3.33. The number of hydrogen-bond acceptors (Lipinski definition) is 5. The molecule has 1 unspecified atom stereocenters. The van der Waals surface area contributed by atoms with E-state index in [2.05, 4.69) is 27.3 Å². The van der Waals surface area contributed by atoms with Gasteiger partial charge in [-0.1, -0.05) is 0 Å². The highest BCUT2D eigenvalue weighted by Crippen LogP contribution is 2.20. The van der Waals surface area contributed by atoms with Crippen LogP contribution in [0.1, 0.15) is 24.7 Å². The van der Waals surface area contributed by atoms with Gasteiger partial charge in [0.05, 0.1) is 12.6 Å². The second-order valence-electron chi connectivity index (χ2n) is 4.70. The number of nitrogens with one attached hydrogen (secondary N) is 1. The van der Waals surface area contributed by atoms with E-state index in [0.717, 1.165) is 50.9 Å². The lowest BCUT2D eigenvalue weighted by Gasteiger charge is -2.22. The van der Waals surface area contributed by atoms with E-state index < -0.39 is 0 Å². The van der Waals surface area contributed by atoms with Gasteiger partial charge < -0.3 is 15.0 Å². The lowest BCUT2D eigenvalue weighted by atomic mass is 10.3. The molecule has 0 saturated carbocycles. The molecule has 1 saturated heterocycles. The molecule has 1 N–H and O–H groups in total. The quantitative estimate of drug-likeness (QED) is 0.754. The Morgan fingerprint density at radius 1 is 1.35 bits per heavy atom. The van der Waals surface area contributed by atoms with Gasteiger partial charge >= 0.3 is 0 Å². The van der Waals surface area contributed by atoms with Crippen LogP contribution in [0.5, 0.6) is 0 Å². The average molecular weight is 237 g/mol. The predicted octanol–water partition coefficient (Wildman–Crippen LogP) is 0.169. The third kappa shape index (κ3) is 2.14. The summed E-state index contributed by atoms with van der Waals surface area (Å²) in [6.07, 6.45) is 2.20. The van der Waals surface area contributed by atoms with Crippen molar-refractivity contribution >= 4 is 5.95 Å². The van der Waals surface area contributed by atoms with Crippen LogP contribution in [0.2, 0.25) is 0 Å². The minimum absolute atomic E-state index is 0.143. The molecular formula is C11H19N5O. The molecule has 0 aromatic carbocycles. The maximum Gasteiger partial charge on any atom is 0.223 e. The van der Waals surface area contributed by atoms with E-state index in [9.17, 15) is 0 Å². The summed E-state index contributed by atoms with van der Waals surface area (Å²) in [4.78, 5) is 6.80. The summed E-state index contributed by atoms with van der Waals surface area (Å²) in [5, 5.41) is 8.03. The van der Waals surface area contributed by atoms with Gasteiger partial charge in [0.15, 0.2) is 5.82 Å². The van der Waals surface area contributed by atoms with Crippen LogP contribution in [-0.4, -0.2) is 48.1 Å². The fourth-order valence-electron chi connectivity index (χ4n) is 2.37. The van der Waals surface area contributed by atoms with Crippen molar-refractivity contribution in [3.63, 3.8) is 0 Å². The molecule has 0 radical (unpaired) electrons. The fourth-order valence-corrected chi connectivity index (χ4v) is 2.37. The molecule has 1 aromatic rings. The molecule has 0 amide bonds. The minimum Gasteiger partial charge on any atom is -0.379 e. The van der Waals surface area contributed by atoms with Crippen LogP contribution in [0.3, 0.4) is 0 Å². The summed E-state index contributed by atoms with van der Waals surface area (Å²) in [6, 6.07) is 0.143. The summed E-state index contributed by atoms with van der Waals surface area (Å²) in [5.74, 6) is 1.85. The Morgan fingerprint density at radius 2 is 2.29 bits per heavy atom. The molecule has 0 spiro atoms. The van der Waals surface area contributed by atoms with Gasteiger partial charge in [0.25, 0.3) is 0 Å². The minimum atomic E-state index is 0.143. The summed E-state index contributed by atoms with van der Waals surface area (Å²) in [5.41, 5.74) is 0. The van der Waals surface area contributed by atoms with Gasteiger partial charge in [-0.15, -0.1) is 0 Å². The number of fused-ring (bicyclic) bond motifs is 1. The molecule has 3 heterocycles. The zero-order valence-corrected chi connectivity index (χ0v) is 10.2. The largest absolute Gasteiger partial charge is 0.379 e. The Labute approximate surface area is 101 Å². The smallest absolute Gasteiger partial charge is 0.223 e. The maximum atomic E-state index is 5.56. The first-order valence-corrected chi connectivity index (χ1v) is 6.31. The van der Waals surface area contributed by atoms with Crippen molar-refractivity contribution in [2.45, 2.75) is 25.4 Å². The Bertz CT molecular complexity index is 383. The van der Waals surface area contributed by atoms with Gasteiger partial charge in [-0.05, 0) is 19.4 Å². The number of rotatable bonds is 1. The van der Waals surface area contributed by atoms with Gasteiger partial charge in [-0.3, -0.25) is 0 Å². The van der Waals surface area contributed by atoms with E-state index in [1.807, 2.05) is 4.68 Å². The topological polar surface area (TPSA) is 55.2 Å².